The minimum Gasteiger partial charge on any atom is -0.299 e. The first-order valence-electron chi connectivity index (χ1n) is 6.76. The normalized spacial score (nSPS) is 22.7. The lowest BCUT2D eigenvalue weighted by Gasteiger charge is -2.37. The molecular weight excluding hydrogens is 288 g/mol. The molecule has 1 fully saturated rings. The van der Waals surface area contributed by atoms with Crippen LogP contribution in [0.4, 0.5) is 0 Å². The van der Waals surface area contributed by atoms with E-state index >= 15 is 0 Å². The Hall–Kier alpha value is -0.630. The van der Waals surface area contributed by atoms with Crippen molar-refractivity contribution < 1.29 is 4.79 Å². The molecule has 0 aromatic heterocycles. The molecule has 0 spiro atoms. The number of hydrogen-bond donors (Lipinski definition) is 0. The quantitative estimate of drug-likeness (QED) is 0.785. The molecule has 18 heavy (non-hydrogen) atoms. The van der Waals surface area contributed by atoms with Gasteiger partial charge in [0.25, 0.3) is 0 Å². The average molecular weight is 309 g/mol. The van der Waals surface area contributed by atoms with Gasteiger partial charge in [-0.3, -0.25) is 4.79 Å². The van der Waals surface area contributed by atoms with E-state index in [0.29, 0.717) is 12.2 Å². The van der Waals surface area contributed by atoms with Gasteiger partial charge in [-0.25, -0.2) is 0 Å². The van der Waals surface area contributed by atoms with Crippen LogP contribution in [-0.4, -0.2) is 5.78 Å². The predicted octanol–water partition coefficient (Wildman–Crippen LogP) is 4.78. The highest BCUT2D eigenvalue weighted by Crippen LogP contribution is 2.41. The molecule has 2 heteroatoms. The van der Waals surface area contributed by atoms with Gasteiger partial charge in [-0.15, -0.1) is 0 Å². The Kier molecular flexibility index (Phi) is 4.26. The van der Waals surface area contributed by atoms with Gasteiger partial charge >= 0.3 is 0 Å². The standard InChI is InChI=1S/C16H21BrO/c1-16(2)9-4-3-8-14(16)15(18)11-12-6-5-7-13(17)10-12/h5-7,10,14H,3-4,8-9,11H2,1-2H3. The van der Waals surface area contributed by atoms with E-state index in [1.807, 2.05) is 24.3 Å². The summed E-state index contributed by atoms with van der Waals surface area (Å²) in [6.07, 6.45) is 5.31. The Morgan fingerprint density at radius 3 is 2.83 bits per heavy atom. The van der Waals surface area contributed by atoms with E-state index in [0.717, 1.165) is 16.5 Å². The van der Waals surface area contributed by atoms with Crippen molar-refractivity contribution >= 4 is 21.7 Å². The van der Waals surface area contributed by atoms with Crippen molar-refractivity contribution in [3.8, 4) is 0 Å². The molecule has 0 amide bonds. The summed E-state index contributed by atoms with van der Waals surface area (Å²) in [5.74, 6) is 0.656. The molecule has 1 atom stereocenters. The van der Waals surface area contributed by atoms with Gasteiger partial charge in [0, 0.05) is 16.8 Å². The summed E-state index contributed by atoms with van der Waals surface area (Å²) in [7, 11) is 0. The molecule has 1 aromatic rings. The van der Waals surface area contributed by atoms with E-state index in [2.05, 4.69) is 29.8 Å². The third-order valence-corrected chi connectivity index (χ3v) is 4.66. The van der Waals surface area contributed by atoms with E-state index in [4.69, 9.17) is 0 Å². The Morgan fingerprint density at radius 2 is 2.17 bits per heavy atom. The molecule has 2 rings (SSSR count). The van der Waals surface area contributed by atoms with Crippen LogP contribution in [0.15, 0.2) is 28.7 Å². The summed E-state index contributed by atoms with van der Waals surface area (Å²) < 4.78 is 1.05. The van der Waals surface area contributed by atoms with Gasteiger partial charge in [0.05, 0.1) is 0 Å². The van der Waals surface area contributed by atoms with Gasteiger partial charge in [0.2, 0.25) is 0 Å². The molecule has 1 aliphatic rings. The van der Waals surface area contributed by atoms with Crippen LogP contribution in [0.2, 0.25) is 0 Å². The third-order valence-electron chi connectivity index (χ3n) is 4.16. The smallest absolute Gasteiger partial charge is 0.140 e. The first kappa shape index (κ1) is 13.8. The van der Waals surface area contributed by atoms with Crippen molar-refractivity contribution in [2.75, 3.05) is 0 Å². The molecule has 1 saturated carbocycles. The minimum atomic E-state index is 0.182. The van der Waals surface area contributed by atoms with Crippen LogP contribution in [0.3, 0.4) is 0 Å². The van der Waals surface area contributed by atoms with E-state index in [9.17, 15) is 4.79 Å². The molecule has 0 saturated heterocycles. The van der Waals surface area contributed by atoms with E-state index in [1.165, 1.54) is 19.3 Å². The first-order valence-corrected chi connectivity index (χ1v) is 7.55. The number of ketones is 1. The van der Waals surface area contributed by atoms with Crippen LogP contribution >= 0.6 is 15.9 Å². The van der Waals surface area contributed by atoms with Crippen molar-refractivity contribution in [1.29, 1.82) is 0 Å². The number of carbonyl (C=O) groups is 1. The maximum Gasteiger partial charge on any atom is 0.140 e. The van der Waals surface area contributed by atoms with Gasteiger partial charge < -0.3 is 0 Å². The molecule has 1 aromatic carbocycles. The van der Waals surface area contributed by atoms with Crippen molar-refractivity contribution in [1.82, 2.24) is 0 Å². The molecule has 0 bridgehead atoms. The summed E-state index contributed by atoms with van der Waals surface area (Å²) in [6.45, 7) is 4.49. The highest BCUT2D eigenvalue weighted by Gasteiger charge is 2.36. The lowest BCUT2D eigenvalue weighted by Crippen LogP contribution is -2.34. The van der Waals surface area contributed by atoms with Gasteiger partial charge in [-0.2, -0.15) is 0 Å². The van der Waals surface area contributed by atoms with Gasteiger partial charge in [0.1, 0.15) is 5.78 Å². The van der Waals surface area contributed by atoms with Gasteiger partial charge in [-0.05, 0) is 36.0 Å². The molecule has 0 radical (unpaired) electrons. The molecule has 0 aliphatic heterocycles. The van der Waals surface area contributed by atoms with E-state index in [-0.39, 0.29) is 11.3 Å². The second-order valence-corrected chi connectivity index (χ2v) is 6.98. The van der Waals surface area contributed by atoms with Crippen LogP contribution in [0.1, 0.15) is 45.1 Å². The van der Waals surface area contributed by atoms with Crippen molar-refractivity contribution in [2.24, 2.45) is 11.3 Å². The van der Waals surface area contributed by atoms with Crippen molar-refractivity contribution in [3.63, 3.8) is 0 Å². The van der Waals surface area contributed by atoms with Crippen LogP contribution < -0.4 is 0 Å². The maximum absolute atomic E-state index is 12.5. The van der Waals surface area contributed by atoms with Crippen LogP contribution in [-0.2, 0) is 11.2 Å². The SMILES string of the molecule is CC1(C)CCCCC1C(=O)Cc1cccc(Br)c1. The third kappa shape index (κ3) is 3.23. The number of hydrogen-bond acceptors (Lipinski definition) is 1. The molecule has 0 heterocycles. The summed E-state index contributed by atoms with van der Waals surface area (Å²) in [5.41, 5.74) is 1.30. The second-order valence-electron chi connectivity index (χ2n) is 6.06. The van der Waals surface area contributed by atoms with Gasteiger partial charge in [-0.1, -0.05) is 54.8 Å². The van der Waals surface area contributed by atoms with Crippen LogP contribution in [0.5, 0.6) is 0 Å². The molecule has 0 N–H and O–H groups in total. The first-order chi connectivity index (χ1) is 8.49. The average Bonchev–Trinajstić information content (AvgIpc) is 2.28. The number of carbonyl (C=O) groups excluding carboxylic acids is 1. The monoisotopic (exact) mass is 308 g/mol. The Labute approximate surface area is 118 Å². The molecular formula is C16H21BrO. The summed E-state index contributed by atoms with van der Waals surface area (Å²) >= 11 is 3.46. The Balaban J connectivity index is 2.07. The summed E-state index contributed by atoms with van der Waals surface area (Å²) in [5, 5.41) is 0. The maximum atomic E-state index is 12.5. The predicted molar refractivity (Wildman–Crippen MR) is 78.6 cm³/mol. The number of halogens is 1. The second kappa shape index (κ2) is 5.56. The minimum absolute atomic E-state index is 0.182. The lowest BCUT2D eigenvalue weighted by atomic mass is 9.66. The topological polar surface area (TPSA) is 17.1 Å². The zero-order valence-electron chi connectivity index (χ0n) is 11.2. The van der Waals surface area contributed by atoms with Crippen LogP contribution in [0, 0.1) is 11.3 Å². The molecule has 1 aliphatic carbocycles. The Bertz CT molecular complexity index is 436. The molecule has 1 nitrogen and oxygen atoms in total. The zero-order valence-corrected chi connectivity index (χ0v) is 12.8. The summed E-state index contributed by atoms with van der Waals surface area (Å²) in [4.78, 5) is 12.5. The van der Waals surface area contributed by atoms with Crippen molar-refractivity contribution in [2.45, 2.75) is 46.0 Å². The van der Waals surface area contributed by atoms with Gasteiger partial charge in [0.15, 0.2) is 0 Å². The molecule has 98 valence electrons. The largest absolute Gasteiger partial charge is 0.299 e. The zero-order chi connectivity index (χ0) is 13.2. The fourth-order valence-corrected chi connectivity index (χ4v) is 3.51. The highest BCUT2D eigenvalue weighted by molar-refractivity contribution is 9.10. The fourth-order valence-electron chi connectivity index (χ4n) is 3.06. The Morgan fingerprint density at radius 1 is 1.39 bits per heavy atom. The van der Waals surface area contributed by atoms with Crippen molar-refractivity contribution in [3.05, 3.63) is 34.3 Å². The molecule has 1 unspecified atom stereocenters. The summed E-state index contributed by atoms with van der Waals surface area (Å²) in [6, 6.07) is 8.09. The highest BCUT2D eigenvalue weighted by atomic mass is 79.9. The lowest BCUT2D eigenvalue weighted by molar-refractivity contribution is -0.127. The van der Waals surface area contributed by atoms with E-state index in [1.54, 1.807) is 0 Å². The number of benzene rings is 1. The number of Topliss-reactive ketones (excluding diaryl/α,β-unsaturated/α-hetero) is 1. The van der Waals surface area contributed by atoms with E-state index < -0.39 is 0 Å². The van der Waals surface area contributed by atoms with Crippen LogP contribution in [0.25, 0.3) is 0 Å². The fraction of sp³-hybridized carbons (Fsp3) is 0.562. The number of rotatable bonds is 3.